The molecular weight excluding hydrogens is 418 g/mol. The van der Waals surface area contributed by atoms with E-state index < -0.39 is 0 Å². The van der Waals surface area contributed by atoms with Gasteiger partial charge in [0.1, 0.15) is 0 Å². The molecular formula is C31H59NO2. The molecule has 1 aliphatic carbocycles. The van der Waals surface area contributed by atoms with Crippen LogP contribution in [0.2, 0.25) is 0 Å². The summed E-state index contributed by atoms with van der Waals surface area (Å²) in [5.41, 5.74) is 9.41. The average Bonchev–Trinajstić information content (AvgIpc) is 2.81. The Balaban J connectivity index is 0. The molecule has 3 heteroatoms. The van der Waals surface area contributed by atoms with Crippen LogP contribution in [0.4, 0.5) is 0 Å². The summed E-state index contributed by atoms with van der Waals surface area (Å²) in [5.74, 6) is 0.300. The van der Waals surface area contributed by atoms with Gasteiger partial charge in [0.05, 0.1) is 0 Å². The highest BCUT2D eigenvalue weighted by atomic mass is 16.1. The lowest BCUT2D eigenvalue weighted by atomic mass is 9.83. The van der Waals surface area contributed by atoms with Crippen LogP contribution in [-0.2, 0) is 9.59 Å². The first-order chi connectivity index (χ1) is 16.2. The third-order valence-corrected chi connectivity index (χ3v) is 6.57. The van der Waals surface area contributed by atoms with Gasteiger partial charge in [0.25, 0.3) is 0 Å². The Morgan fingerprint density at radius 3 is 1.79 bits per heavy atom. The van der Waals surface area contributed by atoms with Crippen LogP contribution in [0.15, 0.2) is 22.3 Å². The molecule has 1 rings (SSSR count). The third-order valence-electron chi connectivity index (χ3n) is 6.57. The maximum atomic E-state index is 11.8. The molecule has 0 aromatic heterocycles. The second-order valence-corrected chi connectivity index (χ2v) is 9.92. The van der Waals surface area contributed by atoms with Crippen LogP contribution < -0.4 is 5.73 Å². The van der Waals surface area contributed by atoms with Crippen LogP contribution in [0.5, 0.6) is 0 Å². The average molecular weight is 478 g/mol. The highest BCUT2D eigenvalue weighted by molar-refractivity contribution is 6.04. The summed E-state index contributed by atoms with van der Waals surface area (Å²) in [4.78, 5) is 23.5. The molecule has 1 unspecified atom stereocenters. The third kappa shape index (κ3) is 17.2. The summed E-state index contributed by atoms with van der Waals surface area (Å²) in [5, 5.41) is 0. The number of Topliss-reactive ketones (excluding diaryl/α,β-unsaturated/α-hetero) is 2. The van der Waals surface area contributed by atoms with Gasteiger partial charge in [0.15, 0.2) is 11.6 Å². The molecule has 0 aromatic carbocycles. The van der Waals surface area contributed by atoms with E-state index in [9.17, 15) is 9.59 Å². The first-order valence-electron chi connectivity index (χ1n) is 14.4. The minimum Gasteiger partial charge on any atom is -0.328 e. The molecule has 0 aliphatic heterocycles. The van der Waals surface area contributed by atoms with Crippen molar-refractivity contribution in [1.82, 2.24) is 0 Å². The second-order valence-electron chi connectivity index (χ2n) is 9.92. The first kappa shape index (κ1) is 34.9. The SMILES string of the molecule is CCC/C(C)=C(/C(C)=O)C1=C(C)C(=O)CCC1.CCCCC(N)CC.CCCCCCCCC. The van der Waals surface area contributed by atoms with Crippen molar-refractivity contribution in [3.63, 3.8) is 0 Å². The summed E-state index contributed by atoms with van der Waals surface area (Å²) in [6.07, 6.45) is 19.2. The zero-order valence-corrected chi connectivity index (χ0v) is 24.3. The van der Waals surface area contributed by atoms with Crippen molar-refractivity contribution in [2.75, 3.05) is 0 Å². The molecule has 0 saturated carbocycles. The molecule has 34 heavy (non-hydrogen) atoms. The van der Waals surface area contributed by atoms with Gasteiger partial charge in [-0.3, -0.25) is 9.59 Å². The van der Waals surface area contributed by atoms with Gasteiger partial charge in [-0.25, -0.2) is 0 Å². The predicted octanol–water partition coefficient (Wildman–Crippen LogP) is 9.43. The fourth-order valence-corrected chi connectivity index (χ4v) is 4.25. The maximum Gasteiger partial charge on any atom is 0.160 e. The van der Waals surface area contributed by atoms with Crippen molar-refractivity contribution in [3.05, 3.63) is 22.3 Å². The Morgan fingerprint density at radius 1 is 0.824 bits per heavy atom. The van der Waals surface area contributed by atoms with E-state index in [2.05, 4.69) is 34.6 Å². The number of hydrogen-bond acceptors (Lipinski definition) is 3. The molecule has 0 spiro atoms. The summed E-state index contributed by atoms with van der Waals surface area (Å²) in [6.45, 7) is 16.4. The lowest BCUT2D eigenvalue weighted by molar-refractivity contribution is -0.116. The quantitative estimate of drug-likeness (QED) is 0.200. The van der Waals surface area contributed by atoms with Crippen LogP contribution in [0.1, 0.15) is 158 Å². The highest BCUT2D eigenvalue weighted by Gasteiger charge is 2.22. The molecule has 0 heterocycles. The Morgan fingerprint density at radius 2 is 1.35 bits per heavy atom. The Hall–Kier alpha value is -1.22. The standard InChI is InChI=1S/C15H22O2.C9H20.C7H17N/c1-5-7-10(2)15(12(4)16)13-8-6-9-14(17)11(13)3;1-3-5-7-9-8-6-4-2;1-3-5-6-7(8)4-2/h5-9H2,1-4H3;3-9H2,1-2H3;7H,3-6,8H2,1-2H3/b15-10-;;. The van der Waals surface area contributed by atoms with Crippen molar-refractivity contribution in [2.24, 2.45) is 5.73 Å². The minimum absolute atomic E-state index is 0.0972. The molecule has 0 bridgehead atoms. The van der Waals surface area contributed by atoms with Gasteiger partial charge < -0.3 is 5.73 Å². The zero-order chi connectivity index (χ0) is 26.4. The predicted molar refractivity (Wildman–Crippen MR) is 151 cm³/mol. The highest BCUT2D eigenvalue weighted by Crippen LogP contribution is 2.31. The summed E-state index contributed by atoms with van der Waals surface area (Å²) >= 11 is 0. The maximum absolute atomic E-state index is 11.8. The van der Waals surface area contributed by atoms with Gasteiger partial charge in [-0.2, -0.15) is 0 Å². The molecule has 3 nitrogen and oxygen atoms in total. The summed E-state index contributed by atoms with van der Waals surface area (Å²) in [7, 11) is 0. The van der Waals surface area contributed by atoms with E-state index in [1.54, 1.807) is 6.92 Å². The Labute approximate surface area is 213 Å². The number of unbranched alkanes of at least 4 members (excludes halogenated alkanes) is 7. The van der Waals surface area contributed by atoms with E-state index >= 15 is 0 Å². The molecule has 1 aliphatic rings. The minimum atomic E-state index is 0.0972. The van der Waals surface area contributed by atoms with Crippen LogP contribution in [0.25, 0.3) is 0 Å². The van der Waals surface area contributed by atoms with Crippen molar-refractivity contribution >= 4 is 11.6 Å². The monoisotopic (exact) mass is 477 g/mol. The van der Waals surface area contributed by atoms with E-state index in [0.717, 1.165) is 54.4 Å². The molecule has 0 radical (unpaired) electrons. The fraction of sp³-hybridized carbons (Fsp3) is 0.806. The lowest BCUT2D eigenvalue weighted by Crippen LogP contribution is -2.17. The molecule has 200 valence electrons. The number of nitrogens with two attached hydrogens (primary N) is 1. The number of allylic oxidation sites excluding steroid dienone is 4. The van der Waals surface area contributed by atoms with Crippen LogP contribution >= 0.6 is 0 Å². The number of ketones is 2. The molecule has 0 fully saturated rings. The lowest BCUT2D eigenvalue weighted by Gasteiger charge is -2.20. The van der Waals surface area contributed by atoms with Crippen molar-refractivity contribution < 1.29 is 9.59 Å². The number of hydrogen-bond donors (Lipinski definition) is 1. The van der Waals surface area contributed by atoms with E-state index in [1.165, 1.54) is 64.2 Å². The van der Waals surface area contributed by atoms with Gasteiger partial charge in [-0.15, -0.1) is 0 Å². The smallest absolute Gasteiger partial charge is 0.160 e. The first-order valence-corrected chi connectivity index (χ1v) is 14.4. The van der Waals surface area contributed by atoms with Gasteiger partial charge in [-0.1, -0.05) is 104 Å². The van der Waals surface area contributed by atoms with Gasteiger partial charge in [-0.05, 0) is 64.0 Å². The normalized spacial score (nSPS) is 15.0. The van der Waals surface area contributed by atoms with Crippen LogP contribution in [0.3, 0.4) is 0 Å². The van der Waals surface area contributed by atoms with Crippen LogP contribution in [0, 0.1) is 0 Å². The molecule has 2 N–H and O–H groups in total. The molecule has 0 aromatic rings. The zero-order valence-electron chi connectivity index (χ0n) is 24.3. The van der Waals surface area contributed by atoms with E-state index in [0.29, 0.717) is 12.5 Å². The van der Waals surface area contributed by atoms with Gasteiger partial charge in [0, 0.05) is 18.0 Å². The summed E-state index contributed by atoms with van der Waals surface area (Å²) < 4.78 is 0. The van der Waals surface area contributed by atoms with Crippen molar-refractivity contribution in [2.45, 2.75) is 164 Å². The molecule has 0 amide bonds. The fourth-order valence-electron chi connectivity index (χ4n) is 4.25. The van der Waals surface area contributed by atoms with Gasteiger partial charge in [0.2, 0.25) is 0 Å². The topological polar surface area (TPSA) is 60.2 Å². The van der Waals surface area contributed by atoms with E-state index in [1.807, 2.05) is 13.8 Å². The van der Waals surface area contributed by atoms with Crippen molar-refractivity contribution in [3.8, 4) is 0 Å². The Kier molecular flexibility index (Phi) is 24.2. The number of carbonyl (C=O) groups excluding carboxylic acids is 2. The largest absolute Gasteiger partial charge is 0.328 e. The molecule has 1 atom stereocenters. The van der Waals surface area contributed by atoms with E-state index in [-0.39, 0.29) is 11.6 Å². The summed E-state index contributed by atoms with van der Waals surface area (Å²) in [6, 6.07) is 0.454. The van der Waals surface area contributed by atoms with Gasteiger partial charge >= 0.3 is 0 Å². The Bertz CT molecular complexity index is 595. The van der Waals surface area contributed by atoms with Crippen molar-refractivity contribution in [1.29, 1.82) is 0 Å². The number of carbonyl (C=O) groups is 2. The number of rotatable bonds is 14. The van der Waals surface area contributed by atoms with Crippen LogP contribution in [-0.4, -0.2) is 17.6 Å². The molecule has 0 saturated heterocycles. The van der Waals surface area contributed by atoms with E-state index in [4.69, 9.17) is 5.73 Å². The second kappa shape index (κ2) is 23.5.